The second-order valence-electron chi connectivity index (χ2n) is 12.2. The zero-order valence-corrected chi connectivity index (χ0v) is 28.2. The highest BCUT2D eigenvalue weighted by Gasteiger charge is 2.33. The summed E-state index contributed by atoms with van der Waals surface area (Å²) in [4.78, 5) is 30.7. The number of carbonyl (C=O) groups excluding carboxylic acids is 1. The van der Waals surface area contributed by atoms with Crippen LogP contribution in [0.1, 0.15) is 29.8 Å². The molecule has 0 radical (unpaired) electrons. The van der Waals surface area contributed by atoms with E-state index in [-0.39, 0.29) is 47.0 Å². The van der Waals surface area contributed by atoms with Crippen LogP contribution < -0.4 is 25.1 Å². The number of pyridine rings is 1. The van der Waals surface area contributed by atoms with Crippen LogP contribution in [0.4, 0.5) is 14.5 Å². The topological polar surface area (TPSA) is 141 Å². The van der Waals surface area contributed by atoms with Crippen LogP contribution in [0.3, 0.4) is 0 Å². The molecule has 52 heavy (non-hydrogen) atoms. The number of methoxy groups -OCH3 is 1. The van der Waals surface area contributed by atoms with Crippen LogP contribution in [0, 0.1) is 11.6 Å². The number of nitrogens with one attached hydrogen (secondary N) is 1. The molecule has 4 heterocycles. The lowest BCUT2D eigenvalue weighted by molar-refractivity contribution is -0.141. The summed E-state index contributed by atoms with van der Waals surface area (Å²) < 4.78 is 60.7. The van der Waals surface area contributed by atoms with Crippen molar-refractivity contribution in [2.24, 2.45) is 0 Å². The first-order valence-corrected chi connectivity index (χ1v) is 16.1. The number of aromatic nitrogens is 5. The molecule has 1 atom stereocenters. The van der Waals surface area contributed by atoms with Gasteiger partial charge in [0.2, 0.25) is 5.88 Å². The Morgan fingerprint density at radius 1 is 1.00 bits per heavy atom. The van der Waals surface area contributed by atoms with Gasteiger partial charge >= 0.3 is 0 Å². The van der Waals surface area contributed by atoms with Crippen molar-refractivity contribution in [2.75, 3.05) is 25.6 Å². The molecule has 13 nitrogen and oxygen atoms in total. The van der Waals surface area contributed by atoms with Gasteiger partial charge in [0.1, 0.15) is 41.0 Å². The molecule has 0 saturated carbocycles. The minimum atomic E-state index is -0.798. The molecule has 1 amide bonds. The third-order valence-electron chi connectivity index (χ3n) is 8.10. The van der Waals surface area contributed by atoms with Gasteiger partial charge in [-0.2, -0.15) is 9.78 Å². The summed E-state index contributed by atoms with van der Waals surface area (Å²) in [6.07, 6.45) is 2.43. The maximum Gasteiger partial charge on any atom is 0.284 e. The molecule has 6 aromatic rings. The van der Waals surface area contributed by atoms with Crippen molar-refractivity contribution in [3.8, 4) is 28.8 Å². The highest BCUT2D eigenvalue weighted by Crippen LogP contribution is 2.37. The van der Waals surface area contributed by atoms with Crippen molar-refractivity contribution >= 4 is 22.6 Å². The number of hydrogen-bond donors (Lipinski definition) is 1. The number of fused-ring (bicyclic) bond motifs is 1. The van der Waals surface area contributed by atoms with Crippen LogP contribution in [0.25, 0.3) is 16.7 Å². The Labute approximate surface area is 295 Å². The number of hydrogen-bond acceptors (Lipinski definition) is 10. The van der Waals surface area contributed by atoms with E-state index in [1.165, 1.54) is 54.9 Å². The van der Waals surface area contributed by atoms with Crippen LogP contribution in [-0.2, 0) is 16.0 Å². The fourth-order valence-electron chi connectivity index (χ4n) is 5.58. The maximum absolute atomic E-state index is 15.6. The van der Waals surface area contributed by atoms with Crippen molar-refractivity contribution in [1.29, 1.82) is 0 Å². The first kappa shape index (κ1) is 34.3. The summed E-state index contributed by atoms with van der Waals surface area (Å²) >= 11 is 0. The minimum absolute atomic E-state index is 0.0670. The highest BCUT2D eigenvalue weighted by atomic mass is 19.1. The summed E-state index contributed by atoms with van der Waals surface area (Å²) in [5, 5.41) is 11.6. The second-order valence-corrected chi connectivity index (χ2v) is 12.2. The maximum atomic E-state index is 15.6. The molecule has 15 heteroatoms. The predicted octanol–water partition coefficient (Wildman–Crippen LogP) is 5.89. The number of nitrogens with zero attached hydrogens (tertiary/aromatic N) is 5. The third kappa shape index (κ3) is 7.31. The largest absolute Gasteiger partial charge is 0.497 e. The quantitative estimate of drug-likeness (QED) is 0.173. The van der Waals surface area contributed by atoms with E-state index in [0.717, 1.165) is 16.3 Å². The minimum Gasteiger partial charge on any atom is -0.497 e. The summed E-state index contributed by atoms with van der Waals surface area (Å²) in [5.41, 5.74) is 0.691. The standard InChI is InChI=1S/C37H32F2N6O7/c1-37(2)50-21-27(52-37)20-49-35-32-31(15-16-40-33(32)44(43-35)19-22-4-11-26(48-3)12-5-22)51-30-13-8-24(18-29(30)39)42-34(46)28-14-17-41-45(36(28)47)25-9-6-23(38)7-10-25/h4-18,27H,19-21H2,1-3H3,(H,42,46)/t27-/m1/s1. The number of amides is 1. The van der Waals surface area contributed by atoms with Gasteiger partial charge in [-0.1, -0.05) is 12.1 Å². The number of benzene rings is 3. The van der Waals surface area contributed by atoms with Gasteiger partial charge in [0.15, 0.2) is 23.0 Å². The average molecular weight is 711 g/mol. The van der Waals surface area contributed by atoms with E-state index in [1.807, 2.05) is 38.1 Å². The zero-order valence-electron chi connectivity index (χ0n) is 28.2. The summed E-state index contributed by atoms with van der Waals surface area (Å²) in [6, 6.07) is 19.2. The fraction of sp³-hybridized carbons (Fsp3) is 0.216. The third-order valence-corrected chi connectivity index (χ3v) is 8.10. The molecule has 0 bridgehead atoms. The molecule has 0 spiro atoms. The van der Waals surface area contributed by atoms with Crippen molar-refractivity contribution in [1.82, 2.24) is 24.5 Å². The Bertz CT molecular complexity index is 2310. The van der Waals surface area contributed by atoms with Gasteiger partial charge in [0.25, 0.3) is 11.5 Å². The molecular weight excluding hydrogens is 678 g/mol. The van der Waals surface area contributed by atoms with E-state index in [9.17, 15) is 14.0 Å². The second kappa shape index (κ2) is 14.2. The number of halogens is 2. The van der Waals surface area contributed by atoms with E-state index in [1.54, 1.807) is 17.9 Å². The molecule has 1 aliphatic rings. The lowest BCUT2D eigenvalue weighted by Crippen LogP contribution is -2.29. The molecule has 0 unspecified atom stereocenters. The Hall–Kier alpha value is -6.19. The average Bonchev–Trinajstić information content (AvgIpc) is 3.67. The number of carbonyl (C=O) groups is 1. The highest BCUT2D eigenvalue weighted by molar-refractivity contribution is 6.04. The Morgan fingerprint density at radius 3 is 2.50 bits per heavy atom. The van der Waals surface area contributed by atoms with Crippen LogP contribution in [0.15, 0.2) is 96.1 Å². The van der Waals surface area contributed by atoms with Crippen LogP contribution >= 0.6 is 0 Å². The van der Waals surface area contributed by atoms with E-state index >= 15 is 4.39 Å². The van der Waals surface area contributed by atoms with Gasteiger partial charge in [-0.15, -0.1) is 5.10 Å². The molecular formula is C37H32F2N6O7. The predicted molar refractivity (Wildman–Crippen MR) is 184 cm³/mol. The summed E-state index contributed by atoms with van der Waals surface area (Å²) in [5.74, 6) is -1.85. The molecule has 1 aliphatic heterocycles. The monoisotopic (exact) mass is 710 g/mol. The summed E-state index contributed by atoms with van der Waals surface area (Å²) in [6.45, 7) is 4.43. The summed E-state index contributed by atoms with van der Waals surface area (Å²) in [7, 11) is 1.59. The number of anilines is 1. The molecule has 266 valence electrons. The van der Waals surface area contributed by atoms with Gasteiger partial charge in [-0.25, -0.2) is 18.4 Å². The van der Waals surface area contributed by atoms with Gasteiger partial charge in [0, 0.05) is 30.2 Å². The molecule has 7 rings (SSSR count). The molecule has 0 aliphatic carbocycles. The van der Waals surface area contributed by atoms with Crippen molar-refractivity contribution in [3.63, 3.8) is 0 Å². The van der Waals surface area contributed by atoms with Gasteiger partial charge in [-0.05, 0) is 74.0 Å². The molecule has 1 saturated heterocycles. The van der Waals surface area contributed by atoms with Gasteiger partial charge < -0.3 is 29.0 Å². The zero-order chi connectivity index (χ0) is 36.4. The molecule has 3 aromatic heterocycles. The molecule has 1 N–H and O–H groups in total. The van der Waals surface area contributed by atoms with Crippen LogP contribution in [0.5, 0.6) is 23.1 Å². The molecule has 3 aromatic carbocycles. The first-order chi connectivity index (χ1) is 25.1. The van der Waals surface area contributed by atoms with Crippen molar-refractivity contribution < 1.29 is 37.3 Å². The van der Waals surface area contributed by atoms with Crippen molar-refractivity contribution in [2.45, 2.75) is 32.3 Å². The van der Waals surface area contributed by atoms with Gasteiger partial charge in [0.05, 0.1) is 25.9 Å². The SMILES string of the molecule is COc1ccc(Cn2nc(OC[C@@H]3COC(C)(C)O3)c3c(Oc4ccc(NC(=O)c5ccnn(-c6ccc(F)cc6)c5=O)cc4F)ccnc32)cc1. The van der Waals surface area contributed by atoms with E-state index in [0.29, 0.717) is 29.9 Å². The van der Waals surface area contributed by atoms with Crippen LogP contribution in [-0.4, -0.2) is 62.7 Å². The normalized spacial score (nSPS) is 15.1. The van der Waals surface area contributed by atoms with Gasteiger partial charge in [-0.3, -0.25) is 9.59 Å². The first-order valence-electron chi connectivity index (χ1n) is 16.1. The number of ether oxygens (including phenoxy) is 5. The van der Waals surface area contributed by atoms with E-state index in [2.05, 4.69) is 15.4 Å². The Morgan fingerprint density at radius 2 is 1.79 bits per heavy atom. The fourth-order valence-corrected chi connectivity index (χ4v) is 5.58. The Kier molecular flexibility index (Phi) is 9.36. The number of rotatable bonds is 11. The lowest BCUT2D eigenvalue weighted by Gasteiger charge is -2.17. The van der Waals surface area contributed by atoms with Crippen LogP contribution in [0.2, 0.25) is 0 Å². The van der Waals surface area contributed by atoms with E-state index in [4.69, 9.17) is 28.8 Å². The molecule has 1 fully saturated rings. The van der Waals surface area contributed by atoms with Crippen molar-refractivity contribution in [3.05, 3.63) is 124 Å². The Balaban J connectivity index is 1.14. The lowest BCUT2D eigenvalue weighted by atomic mass is 10.2. The van der Waals surface area contributed by atoms with E-state index < -0.39 is 28.9 Å². The smallest absolute Gasteiger partial charge is 0.284 e.